The largest absolute Gasteiger partial charge is 0.481 e. The van der Waals surface area contributed by atoms with E-state index in [0.29, 0.717) is 6.54 Å². The molecule has 1 unspecified atom stereocenters. The normalized spacial score (nSPS) is 13.1. The number of sulfonamides is 1. The molecule has 0 bridgehead atoms. The van der Waals surface area contributed by atoms with Gasteiger partial charge in [-0.3, -0.25) is 9.59 Å². The van der Waals surface area contributed by atoms with E-state index in [2.05, 4.69) is 4.72 Å². The fraction of sp³-hybridized carbons (Fsp3) is 0.800. The molecule has 0 fully saturated rings. The molecular formula is C10H20N2O5S. The van der Waals surface area contributed by atoms with Crippen LogP contribution >= 0.6 is 0 Å². The molecule has 106 valence electrons. The summed E-state index contributed by atoms with van der Waals surface area (Å²) in [5, 5.41) is 8.41. The van der Waals surface area contributed by atoms with Gasteiger partial charge in [0.15, 0.2) is 0 Å². The van der Waals surface area contributed by atoms with Gasteiger partial charge in [-0.15, -0.1) is 0 Å². The molecule has 0 spiro atoms. The van der Waals surface area contributed by atoms with Crippen molar-refractivity contribution in [1.82, 2.24) is 9.62 Å². The summed E-state index contributed by atoms with van der Waals surface area (Å²) in [6.45, 7) is 3.74. The van der Waals surface area contributed by atoms with Gasteiger partial charge in [-0.25, -0.2) is 13.1 Å². The smallest absolute Gasteiger partial charge is 0.303 e. The number of likely N-dealkylation sites (N-methyl/N-ethyl adjacent to an activating group) is 1. The van der Waals surface area contributed by atoms with E-state index in [1.165, 1.54) is 11.8 Å². The maximum absolute atomic E-state index is 11.6. The molecule has 0 heterocycles. The number of aliphatic carboxylic acids is 1. The number of amides is 1. The molecule has 7 nitrogen and oxygen atoms in total. The van der Waals surface area contributed by atoms with Crippen molar-refractivity contribution >= 4 is 21.9 Å². The lowest BCUT2D eigenvalue weighted by Crippen LogP contribution is -2.46. The molecule has 1 amide bonds. The molecule has 0 aromatic carbocycles. The van der Waals surface area contributed by atoms with Crippen LogP contribution in [0.5, 0.6) is 0 Å². The first-order valence-electron chi connectivity index (χ1n) is 5.66. The lowest BCUT2D eigenvalue weighted by atomic mass is 10.3. The van der Waals surface area contributed by atoms with Gasteiger partial charge in [-0.05, 0) is 20.3 Å². The van der Waals surface area contributed by atoms with Crippen LogP contribution in [-0.4, -0.2) is 55.7 Å². The topological polar surface area (TPSA) is 104 Å². The molecule has 0 saturated carbocycles. The molecule has 0 radical (unpaired) electrons. The Hall–Kier alpha value is -1.15. The van der Waals surface area contributed by atoms with Crippen LogP contribution in [0.15, 0.2) is 0 Å². The van der Waals surface area contributed by atoms with E-state index in [0.717, 1.165) is 0 Å². The van der Waals surface area contributed by atoms with Gasteiger partial charge in [-0.2, -0.15) is 0 Å². The van der Waals surface area contributed by atoms with Crippen LogP contribution in [0.3, 0.4) is 0 Å². The summed E-state index contributed by atoms with van der Waals surface area (Å²) in [5.74, 6) is -1.66. The highest BCUT2D eigenvalue weighted by Gasteiger charge is 2.22. The highest BCUT2D eigenvalue weighted by atomic mass is 32.2. The summed E-state index contributed by atoms with van der Waals surface area (Å²) in [6.07, 6.45) is -0.187. The zero-order valence-electron chi connectivity index (χ0n) is 10.8. The fourth-order valence-corrected chi connectivity index (χ4v) is 2.56. The third-order valence-electron chi connectivity index (χ3n) is 2.38. The SMILES string of the molecule is CCN(C)C(=O)C(C)NS(=O)(=O)CCCC(=O)O. The van der Waals surface area contributed by atoms with E-state index in [4.69, 9.17) is 5.11 Å². The van der Waals surface area contributed by atoms with Gasteiger partial charge >= 0.3 is 5.97 Å². The first kappa shape index (κ1) is 16.9. The summed E-state index contributed by atoms with van der Waals surface area (Å²) >= 11 is 0. The van der Waals surface area contributed by atoms with Crippen molar-refractivity contribution in [2.45, 2.75) is 32.7 Å². The second-order valence-electron chi connectivity index (χ2n) is 4.01. The number of carboxylic acid groups (broad SMARTS) is 1. The van der Waals surface area contributed by atoms with Crippen molar-refractivity contribution in [3.8, 4) is 0 Å². The lowest BCUT2D eigenvalue weighted by Gasteiger charge is -2.20. The average Bonchev–Trinajstić information content (AvgIpc) is 2.25. The maximum Gasteiger partial charge on any atom is 0.303 e. The summed E-state index contributed by atoms with van der Waals surface area (Å²) in [7, 11) is -2.04. The van der Waals surface area contributed by atoms with Gasteiger partial charge < -0.3 is 10.0 Å². The molecule has 0 aromatic heterocycles. The zero-order chi connectivity index (χ0) is 14.3. The van der Waals surface area contributed by atoms with Crippen LogP contribution in [0, 0.1) is 0 Å². The molecule has 18 heavy (non-hydrogen) atoms. The van der Waals surface area contributed by atoms with E-state index in [9.17, 15) is 18.0 Å². The molecule has 0 aromatic rings. The van der Waals surface area contributed by atoms with Gasteiger partial charge in [0.25, 0.3) is 0 Å². The Morgan fingerprint density at radius 1 is 1.39 bits per heavy atom. The van der Waals surface area contributed by atoms with Crippen LogP contribution in [-0.2, 0) is 19.6 Å². The van der Waals surface area contributed by atoms with Gasteiger partial charge in [0.05, 0.1) is 11.8 Å². The number of nitrogens with zero attached hydrogens (tertiary/aromatic N) is 1. The Morgan fingerprint density at radius 2 is 1.94 bits per heavy atom. The standard InChI is InChI=1S/C10H20N2O5S/c1-4-12(3)10(15)8(2)11-18(16,17)7-5-6-9(13)14/h8,11H,4-7H2,1-3H3,(H,13,14). The van der Waals surface area contributed by atoms with Gasteiger partial charge in [0.2, 0.25) is 15.9 Å². The summed E-state index contributed by atoms with van der Waals surface area (Å²) in [4.78, 5) is 23.3. The first-order valence-corrected chi connectivity index (χ1v) is 7.31. The predicted octanol–water partition coefficient (Wildman–Crippen LogP) is -0.363. The quantitative estimate of drug-likeness (QED) is 0.631. The monoisotopic (exact) mass is 280 g/mol. The molecular weight excluding hydrogens is 260 g/mol. The second kappa shape index (κ2) is 7.32. The lowest BCUT2D eigenvalue weighted by molar-refractivity contribution is -0.137. The number of rotatable bonds is 8. The van der Waals surface area contributed by atoms with E-state index < -0.39 is 22.0 Å². The highest BCUT2D eigenvalue weighted by Crippen LogP contribution is 1.99. The van der Waals surface area contributed by atoms with E-state index in [1.807, 2.05) is 0 Å². The van der Waals surface area contributed by atoms with Crippen LogP contribution in [0.2, 0.25) is 0 Å². The Balaban J connectivity index is 4.31. The van der Waals surface area contributed by atoms with Crippen LogP contribution < -0.4 is 4.72 Å². The van der Waals surface area contributed by atoms with Crippen molar-refractivity contribution in [3.05, 3.63) is 0 Å². The Morgan fingerprint density at radius 3 is 2.39 bits per heavy atom. The van der Waals surface area contributed by atoms with Crippen LogP contribution in [0.25, 0.3) is 0 Å². The Labute approximate surface area is 107 Å². The molecule has 2 N–H and O–H groups in total. The van der Waals surface area contributed by atoms with Gasteiger partial charge in [0, 0.05) is 20.0 Å². The number of carbonyl (C=O) groups is 2. The third-order valence-corrected chi connectivity index (χ3v) is 3.92. The minimum atomic E-state index is -3.62. The minimum Gasteiger partial charge on any atom is -0.481 e. The van der Waals surface area contributed by atoms with Crippen molar-refractivity contribution in [2.24, 2.45) is 0 Å². The third kappa shape index (κ3) is 6.55. The number of hydrogen-bond donors (Lipinski definition) is 2. The maximum atomic E-state index is 11.6. The fourth-order valence-electron chi connectivity index (χ4n) is 1.28. The predicted molar refractivity (Wildman–Crippen MR) is 66.6 cm³/mol. The van der Waals surface area contributed by atoms with E-state index in [1.54, 1.807) is 14.0 Å². The average molecular weight is 280 g/mol. The van der Waals surface area contributed by atoms with E-state index in [-0.39, 0.29) is 24.5 Å². The summed E-state index contributed by atoms with van der Waals surface area (Å²) in [5.41, 5.74) is 0. The number of hydrogen-bond acceptors (Lipinski definition) is 4. The summed E-state index contributed by atoms with van der Waals surface area (Å²) < 4.78 is 25.4. The molecule has 8 heteroatoms. The second-order valence-corrected chi connectivity index (χ2v) is 5.88. The van der Waals surface area contributed by atoms with Crippen molar-refractivity contribution in [1.29, 1.82) is 0 Å². The Kier molecular flexibility index (Phi) is 6.85. The van der Waals surface area contributed by atoms with Gasteiger partial charge in [0.1, 0.15) is 0 Å². The van der Waals surface area contributed by atoms with Crippen LogP contribution in [0.4, 0.5) is 0 Å². The molecule has 0 aliphatic carbocycles. The highest BCUT2D eigenvalue weighted by molar-refractivity contribution is 7.89. The molecule has 0 saturated heterocycles. The van der Waals surface area contributed by atoms with Crippen LogP contribution in [0.1, 0.15) is 26.7 Å². The number of carbonyl (C=O) groups excluding carboxylic acids is 1. The first-order chi connectivity index (χ1) is 8.19. The number of nitrogens with one attached hydrogen (secondary N) is 1. The summed E-state index contributed by atoms with van der Waals surface area (Å²) in [6, 6.07) is -0.843. The van der Waals surface area contributed by atoms with Gasteiger partial charge in [-0.1, -0.05) is 0 Å². The minimum absolute atomic E-state index is 0.0230. The number of carboxylic acids is 1. The molecule has 1 atom stereocenters. The van der Waals surface area contributed by atoms with Crippen molar-refractivity contribution < 1.29 is 23.1 Å². The zero-order valence-corrected chi connectivity index (χ0v) is 11.7. The van der Waals surface area contributed by atoms with Crippen molar-refractivity contribution in [3.63, 3.8) is 0 Å². The Bertz CT molecular complexity index is 393. The molecule has 0 rings (SSSR count). The molecule has 0 aliphatic rings. The molecule has 0 aliphatic heterocycles. The van der Waals surface area contributed by atoms with E-state index >= 15 is 0 Å². The van der Waals surface area contributed by atoms with Crippen molar-refractivity contribution in [2.75, 3.05) is 19.3 Å².